The molecule has 5 nitrogen and oxygen atoms in total. The standard InChI is InChI=1S/C9H13N3O2/c1-5-4-7-6(2-3-14-5)8(9(10)13)12-11-7/h5H,2-4H2,1H3,(H2,10,13)(H,11,12). The topological polar surface area (TPSA) is 81.0 Å². The summed E-state index contributed by atoms with van der Waals surface area (Å²) in [5.74, 6) is -0.475. The molecular weight excluding hydrogens is 182 g/mol. The minimum absolute atomic E-state index is 0.164. The van der Waals surface area contributed by atoms with Gasteiger partial charge < -0.3 is 10.5 Å². The monoisotopic (exact) mass is 195 g/mol. The molecule has 0 saturated carbocycles. The van der Waals surface area contributed by atoms with Crippen LogP contribution in [0.3, 0.4) is 0 Å². The van der Waals surface area contributed by atoms with Crippen molar-refractivity contribution in [3.05, 3.63) is 17.0 Å². The first-order valence-corrected chi connectivity index (χ1v) is 4.66. The van der Waals surface area contributed by atoms with Gasteiger partial charge in [-0.05, 0) is 13.3 Å². The predicted octanol–water partition coefficient (Wildman–Crippen LogP) is 0.0123. The summed E-state index contributed by atoms with van der Waals surface area (Å²) >= 11 is 0. The van der Waals surface area contributed by atoms with E-state index in [-0.39, 0.29) is 6.10 Å². The van der Waals surface area contributed by atoms with Gasteiger partial charge >= 0.3 is 0 Å². The summed E-state index contributed by atoms with van der Waals surface area (Å²) < 4.78 is 5.48. The lowest BCUT2D eigenvalue weighted by Crippen LogP contribution is -2.14. The zero-order chi connectivity index (χ0) is 10.1. The molecule has 0 fully saturated rings. The number of fused-ring (bicyclic) bond motifs is 1. The quantitative estimate of drug-likeness (QED) is 0.662. The molecule has 3 N–H and O–H groups in total. The zero-order valence-corrected chi connectivity index (χ0v) is 8.04. The Hall–Kier alpha value is -1.36. The number of primary amides is 1. The van der Waals surface area contributed by atoms with E-state index < -0.39 is 5.91 Å². The first kappa shape index (κ1) is 9.21. The van der Waals surface area contributed by atoms with Gasteiger partial charge in [-0.1, -0.05) is 0 Å². The van der Waals surface area contributed by atoms with Crippen molar-refractivity contribution >= 4 is 5.91 Å². The Morgan fingerprint density at radius 3 is 3.21 bits per heavy atom. The molecule has 1 atom stereocenters. The van der Waals surface area contributed by atoms with Crippen LogP contribution < -0.4 is 5.73 Å². The molecule has 76 valence electrons. The highest BCUT2D eigenvalue weighted by Gasteiger charge is 2.21. The molecule has 5 heteroatoms. The second kappa shape index (κ2) is 3.42. The van der Waals surface area contributed by atoms with Gasteiger partial charge in [0, 0.05) is 17.7 Å². The van der Waals surface area contributed by atoms with E-state index in [9.17, 15) is 4.79 Å². The van der Waals surface area contributed by atoms with E-state index in [0.29, 0.717) is 18.7 Å². The predicted molar refractivity (Wildman–Crippen MR) is 49.9 cm³/mol. The molecule has 0 bridgehead atoms. The largest absolute Gasteiger partial charge is 0.378 e. The maximum Gasteiger partial charge on any atom is 0.269 e. The maximum absolute atomic E-state index is 11.0. The van der Waals surface area contributed by atoms with Crippen LogP contribution in [-0.4, -0.2) is 28.8 Å². The average molecular weight is 195 g/mol. The second-order valence-corrected chi connectivity index (χ2v) is 3.53. The number of nitrogens with zero attached hydrogens (tertiary/aromatic N) is 1. The number of aromatic amines is 1. The van der Waals surface area contributed by atoms with E-state index in [1.54, 1.807) is 0 Å². The number of carbonyl (C=O) groups excluding carboxylic acids is 1. The van der Waals surface area contributed by atoms with Crippen molar-refractivity contribution in [2.75, 3.05) is 6.61 Å². The smallest absolute Gasteiger partial charge is 0.269 e. The Bertz CT molecular complexity index is 359. The van der Waals surface area contributed by atoms with Crippen molar-refractivity contribution in [3.63, 3.8) is 0 Å². The summed E-state index contributed by atoms with van der Waals surface area (Å²) in [4.78, 5) is 11.0. The fraction of sp³-hybridized carbons (Fsp3) is 0.556. The maximum atomic E-state index is 11.0. The van der Waals surface area contributed by atoms with Crippen LogP contribution in [0.2, 0.25) is 0 Å². The van der Waals surface area contributed by atoms with Crippen LogP contribution in [0, 0.1) is 0 Å². The summed E-state index contributed by atoms with van der Waals surface area (Å²) in [5.41, 5.74) is 7.46. The summed E-state index contributed by atoms with van der Waals surface area (Å²) in [6.45, 7) is 2.62. The van der Waals surface area contributed by atoms with E-state index >= 15 is 0 Å². The Kier molecular flexibility index (Phi) is 2.25. The molecule has 1 aromatic rings. The summed E-state index contributed by atoms with van der Waals surface area (Å²) in [6.07, 6.45) is 1.63. The zero-order valence-electron chi connectivity index (χ0n) is 8.04. The van der Waals surface area contributed by atoms with Crippen LogP contribution >= 0.6 is 0 Å². The lowest BCUT2D eigenvalue weighted by Gasteiger charge is -2.06. The molecule has 0 aromatic carbocycles. The third-order valence-electron chi connectivity index (χ3n) is 2.43. The number of carbonyl (C=O) groups is 1. The highest BCUT2D eigenvalue weighted by molar-refractivity contribution is 5.92. The Balaban J connectivity index is 2.37. The van der Waals surface area contributed by atoms with Crippen LogP contribution in [0.15, 0.2) is 0 Å². The molecule has 0 radical (unpaired) electrons. The number of rotatable bonds is 1. The lowest BCUT2D eigenvalue weighted by atomic mass is 10.1. The van der Waals surface area contributed by atoms with E-state index in [1.807, 2.05) is 6.92 Å². The number of hydrogen-bond acceptors (Lipinski definition) is 3. The van der Waals surface area contributed by atoms with Crippen LogP contribution in [0.25, 0.3) is 0 Å². The minimum Gasteiger partial charge on any atom is -0.378 e. The highest BCUT2D eigenvalue weighted by atomic mass is 16.5. The van der Waals surface area contributed by atoms with Gasteiger partial charge in [0.2, 0.25) is 0 Å². The van der Waals surface area contributed by atoms with Crippen molar-refractivity contribution in [2.24, 2.45) is 5.73 Å². The van der Waals surface area contributed by atoms with Gasteiger partial charge in [-0.15, -0.1) is 0 Å². The summed E-state index contributed by atoms with van der Waals surface area (Å²) in [6, 6.07) is 0. The molecule has 14 heavy (non-hydrogen) atoms. The van der Waals surface area contributed by atoms with Crippen molar-refractivity contribution < 1.29 is 9.53 Å². The summed E-state index contributed by atoms with van der Waals surface area (Å²) in [7, 11) is 0. The molecule has 0 spiro atoms. The molecule has 1 unspecified atom stereocenters. The lowest BCUT2D eigenvalue weighted by molar-refractivity contribution is 0.0736. The number of amides is 1. The van der Waals surface area contributed by atoms with Gasteiger partial charge in [0.15, 0.2) is 5.69 Å². The minimum atomic E-state index is -0.475. The van der Waals surface area contributed by atoms with Gasteiger partial charge in [0.1, 0.15) is 0 Å². The molecule has 1 aromatic heterocycles. The molecule has 1 amide bonds. The van der Waals surface area contributed by atoms with E-state index in [0.717, 1.165) is 17.7 Å². The average Bonchev–Trinajstić information content (AvgIpc) is 2.41. The van der Waals surface area contributed by atoms with Gasteiger partial charge in [0.25, 0.3) is 5.91 Å². The second-order valence-electron chi connectivity index (χ2n) is 3.53. The number of aromatic nitrogens is 2. The van der Waals surface area contributed by atoms with E-state index in [1.165, 1.54) is 0 Å². The molecule has 1 aliphatic rings. The van der Waals surface area contributed by atoms with E-state index in [2.05, 4.69) is 10.2 Å². The van der Waals surface area contributed by atoms with Gasteiger partial charge in [0.05, 0.1) is 12.7 Å². The number of nitrogens with one attached hydrogen (secondary N) is 1. The van der Waals surface area contributed by atoms with Crippen LogP contribution in [-0.2, 0) is 17.6 Å². The Morgan fingerprint density at radius 2 is 2.50 bits per heavy atom. The summed E-state index contributed by atoms with van der Waals surface area (Å²) in [5, 5.41) is 6.77. The number of nitrogens with two attached hydrogens (primary N) is 1. The number of hydrogen-bond donors (Lipinski definition) is 2. The molecule has 2 rings (SSSR count). The Labute approximate surface area is 81.6 Å². The normalized spacial score (nSPS) is 21.4. The third kappa shape index (κ3) is 1.50. The van der Waals surface area contributed by atoms with Crippen LogP contribution in [0.1, 0.15) is 28.7 Å². The molecule has 2 heterocycles. The molecule has 0 aliphatic carbocycles. The molecular formula is C9H13N3O2. The van der Waals surface area contributed by atoms with Gasteiger partial charge in [-0.3, -0.25) is 9.89 Å². The number of ether oxygens (including phenoxy) is 1. The first-order chi connectivity index (χ1) is 6.68. The van der Waals surface area contributed by atoms with E-state index in [4.69, 9.17) is 10.5 Å². The van der Waals surface area contributed by atoms with Crippen LogP contribution in [0.5, 0.6) is 0 Å². The van der Waals surface area contributed by atoms with Crippen molar-refractivity contribution in [1.29, 1.82) is 0 Å². The number of H-pyrrole nitrogens is 1. The highest BCUT2D eigenvalue weighted by Crippen LogP contribution is 2.18. The third-order valence-corrected chi connectivity index (χ3v) is 2.43. The molecule has 1 aliphatic heterocycles. The fourth-order valence-corrected chi connectivity index (χ4v) is 1.75. The SMILES string of the molecule is CC1Cc2[nH]nc(C(N)=O)c2CCO1. The van der Waals surface area contributed by atoms with Crippen molar-refractivity contribution in [3.8, 4) is 0 Å². The molecule has 0 saturated heterocycles. The van der Waals surface area contributed by atoms with Gasteiger partial charge in [-0.2, -0.15) is 5.10 Å². The fourth-order valence-electron chi connectivity index (χ4n) is 1.75. The van der Waals surface area contributed by atoms with Crippen LogP contribution in [0.4, 0.5) is 0 Å². The van der Waals surface area contributed by atoms with Crippen molar-refractivity contribution in [1.82, 2.24) is 10.2 Å². The Morgan fingerprint density at radius 1 is 1.71 bits per heavy atom. The van der Waals surface area contributed by atoms with Gasteiger partial charge in [-0.25, -0.2) is 0 Å². The van der Waals surface area contributed by atoms with Crippen molar-refractivity contribution in [2.45, 2.75) is 25.9 Å². The first-order valence-electron chi connectivity index (χ1n) is 4.66.